The molecule has 0 saturated heterocycles. The number of rotatable bonds is 3. The highest BCUT2D eigenvalue weighted by atomic mass is 16.2. The van der Waals surface area contributed by atoms with Crippen molar-refractivity contribution in [3.8, 4) is 5.69 Å². The van der Waals surface area contributed by atoms with E-state index in [2.05, 4.69) is 15.3 Å². The second-order valence-corrected chi connectivity index (χ2v) is 6.88. The van der Waals surface area contributed by atoms with Crippen molar-refractivity contribution in [2.45, 2.75) is 26.3 Å². The fourth-order valence-electron chi connectivity index (χ4n) is 3.51. The van der Waals surface area contributed by atoms with Crippen molar-refractivity contribution in [1.82, 2.24) is 19.4 Å². The molecule has 0 aliphatic carbocycles. The van der Waals surface area contributed by atoms with Crippen LogP contribution in [0.15, 0.2) is 55.0 Å². The van der Waals surface area contributed by atoms with E-state index in [1.165, 1.54) is 6.92 Å². The Bertz CT molecular complexity index is 1030. The SMILES string of the molecule is CC(=O)N1Cc2cccnc2C(C(=O)Nc2ccc(-n3ccnc3C)cc2)C1. The molecular weight excluding hydrogens is 354 g/mol. The van der Waals surface area contributed by atoms with E-state index in [-0.39, 0.29) is 11.8 Å². The molecular formula is C21H21N5O2. The fourth-order valence-corrected chi connectivity index (χ4v) is 3.51. The number of pyridine rings is 1. The van der Waals surface area contributed by atoms with Gasteiger partial charge in [-0.3, -0.25) is 14.6 Å². The fraction of sp³-hybridized carbons (Fsp3) is 0.238. The lowest BCUT2D eigenvalue weighted by Crippen LogP contribution is -2.41. The highest BCUT2D eigenvalue weighted by molar-refractivity contribution is 5.96. The van der Waals surface area contributed by atoms with Crippen molar-refractivity contribution >= 4 is 17.5 Å². The molecule has 0 spiro atoms. The summed E-state index contributed by atoms with van der Waals surface area (Å²) in [5.74, 6) is 0.181. The van der Waals surface area contributed by atoms with Gasteiger partial charge in [-0.05, 0) is 42.8 Å². The van der Waals surface area contributed by atoms with Crippen molar-refractivity contribution in [2.75, 3.05) is 11.9 Å². The minimum Gasteiger partial charge on any atom is -0.337 e. The molecule has 1 aromatic carbocycles. The summed E-state index contributed by atoms with van der Waals surface area (Å²) in [4.78, 5) is 35.1. The topological polar surface area (TPSA) is 80.1 Å². The van der Waals surface area contributed by atoms with Crippen LogP contribution in [0.3, 0.4) is 0 Å². The van der Waals surface area contributed by atoms with Crippen molar-refractivity contribution in [1.29, 1.82) is 0 Å². The number of fused-ring (bicyclic) bond motifs is 1. The highest BCUT2D eigenvalue weighted by Crippen LogP contribution is 2.28. The molecule has 28 heavy (non-hydrogen) atoms. The second kappa shape index (κ2) is 7.26. The number of amides is 2. The Hall–Kier alpha value is -3.48. The number of benzene rings is 1. The first kappa shape index (κ1) is 17.9. The number of aromatic nitrogens is 3. The molecule has 2 amide bonds. The molecule has 0 radical (unpaired) electrons. The van der Waals surface area contributed by atoms with Gasteiger partial charge in [0.15, 0.2) is 0 Å². The molecule has 142 valence electrons. The Morgan fingerprint density at radius 1 is 1.11 bits per heavy atom. The minimum absolute atomic E-state index is 0.0487. The van der Waals surface area contributed by atoms with Crippen LogP contribution in [0.25, 0.3) is 5.69 Å². The van der Waals surface area contributed by atoms with Crippen LogP contribution < -0.4 is 5.32 Å². The van der Waals surface area contributed by atoms with E-state index in [9.17, 15) is 9.59 Å². The first-order valence-corrected chi connectivity index (χ1v) is 9.13. The molecule has 3 heterocycles. The number of hydrogen-bond acceptors (Lipinski definition) is 4. The average molecular weight is 375 g/mol. The first-order valence-electron chi connectivity index (χ1n) is 9.13. The third-order valence-electron chi connectivity index (χ3n) is 5.02. The van der Waals surface area contributed by atoms with Crippen LogP contribution in [0, 0.1) is 6.92 Å². The molecule has 0 saturated carbocycles. The number of nitrogens with one attached hydrogen (secondary N) is 1. The van der Waals surface area contributed by atoms with Crippen LogP contribution in [-0.4, -0.2) is 37.8 Å². The number of carbonyl (C=O) groups excluding carboxylic acids is 2. The number of carbonyl (C=O) groups is 2. The third kappa shape index (κ3) is 3.38. The summed E-state index contributed by atoms with van der Waals surface area (Å²) in [6, 6.07) is 11.3. The predicted octanol–water partition coefficient (Wildman–Crippen LogP) is 2.66. The van der Waals surface area contributed by atoms with Crippen molar-refractivity contribution < 1.29 is 9.59 Å². The molecule has 1 atom stereocenters. The largest absolute Gasteiger partial charge is 0.337 e. The lowest BCUT2D eigenvalue weighted by Gasteiger charge is -2.32. The van der Waals surface area contributed by atoms with Crippen LogP contribution in [0.5, 0.6) is 0 Å². The number of anilines is 1. The zero-order valence-corrected chi connectivity index (χ0v) is 15.8. The van der Waals surface area contributed by atoms with Crippen molar-refractivity contribution in [3.63, 3.8) is 0 Å². The summed E-state index contributed by atoms with van der Waals surface area (Å²) < 4.78 is 1.97. The molecule has 7 heteroatoms. The van der Waals surface area contributed by atoms with Gasteiger partial charge in [-0.1, -0.05) is 6.07 Å². The average Bonchev–Trinajstić information content (AvgIpc) is 3.13. The van der Waals surface area contributed by atoms with Crippen LogP contribution in [0.4, 0.5) is 5.69 Å². The molecule has 1 unspecified atom stereocenters. The minimum atomic E-state index is -0.496. The second-order valence-electron chi connectivity index (χ2n) is 6.88. The smallest absolute Gasteiger partial charge is 0.235 e. The molecule has 1 N–H and O–H groups in total. The zero-order chi connectivity index (χ0) is 19.7. The van der Waals surface area contributed by atoms with E-state index < -0.39 is 5.92 Å². The summed E-state index contributed by atoms with van der Waals surface area (Å²) >= 11 is 0. The van der Waals surface area contributed by atoms with Crippen LogP contribution in [0.2, 0.25) is 0 Å². The number of nitrogens with zero attached hydrogens (tertiary/aromatic N) is 4. The molecule has 1 aliphatic rings. The molecule has 4 rings (SSSR count). The lowest BCUT2D eigenvalue weighted by molar-refractivity contribution is -0.131. The van der Waals surface area contributed by atoms with Gasteiger partial charge in [0.2, 0.25) is 11.8 Å². The summed E-state index contributed by atoms with van der Waals surface area (Å²) in [5, 5.41) is 2.96. The van der Waals surface area contributed by atoms with E-state index in [0.29, 0.717) is 18.8 Å². The number of aryl methyl sites for hydroxylation is 1. The van der Waals surface area contributed by atoms with Crippen molar-refractivity contribution in [2.24, 2.45) is 0 Å². The van der Waals surface area contributed by atoms with Gasteiger partial charge in [0.1, 0.15) is 5.82 Å². The van der Waals surface area contributed by atoms with Gasteiger partial charge in [-0.15, -0.1) is 0 Å². The van der Waals surface area contributed by atoms with Gasteiger partial charge >= 0.3 is 0 Å². The van der Waals surface area contributed by atoms with Gasteiger partial charge in [-0.2, -0.15) is 0 Å². The van der Waals surface area contributed by atoms with Crippen LogP contribution >= 0.6 is 0 Å². The quantitative estimate of drug-likeness (QED) is 0.763. The van der Waals surface area contributed by atoms with E-state index in [1.807, 2.05) is 54.1 Å². The van der Waals surface area contributed by atoms with Crippen LogP contribution in [0.1, 0.15) is 29.9 Å². The monoisotopic (exact) mass is 375 g/mol. The van der Waals surface area contributed by atoms with E-state index in [4.69, 9.17) is 0 Å². The Kier molecular flexibility index (Phi) is 4.65. The lowest BCUT2D eigenvalue weighted by atomic mass is 9.93. The molecule has 0 bridgehead atoms. The van der Waals surface area contributed by atoms with E-state index in [1.54, 1.807) is 17.3 Å². The molecule has 3 aromatic rings. The van der Waals surface area contributed by atoms with E-state index >= 15 is 0 Å². The maximum Gasteiger partial charge on any atom is 0.235 e. The molecule has 2 aromatic heterocycles. The van der Waals surface area contributed by atoms with Gasteiger partial charge in [0.05, 0.1) is 11.6 Å². The molecule has 0 fully saturated rings. The van der Waals surface area contributed by atoms with Gasteiger partial charge in [-0.25, -0.2) is 4.98 Å². The Labute approximate surface area is 163 Å². The summed E-state index contributed by atoms with van der Waals surface area (Å²) in [6.07, 6.45) is 5.33. The maximum atomic E-state index is 13.0. The van der Waals surface area contributed by atoms with Crippen LogP contribution in [-0.2, 0) is 16.1 Å². The van der Waals surface area contributed by atoms with Gasteiger partial charge < -0.3 is 14.8 Å². The third-order valence-corrected chi connectivity index (χ3v) is 5.02. The molecule has 7 nitrogen and oxygen atoms in total. The first-order chi connectivity index (χ1) is 13.5. The highest BCUT2D eigenvalue weighted by Gasteiger charge is 2.32. The Morgan fingerprint density at radius 2 is 1.89 bits per heavy atom. The summed E-state index contributed by atoms with van der Waals surface area (Å²) in [7, 11) is 0. The number of hydrogen-bond donors (Lipinski definition) is 1. The number of imidazole rings is 1. The normalized spacial score (nSPS) is 15.8. The van der Waals surface area contributed by atoms with Gasteiger partial charge in [0.25, 0.3) is 0 Å². The zero-order valence-electron chi connectivity index (χ0n) is 15.8. The standard InChI is InChI=1S/C21H21N5O2/c1-14-22-10-11-26(14)18-7-5-17(6-8-18)24-21(28)19-13-25(15(2)27)12-16-4-3-9-23-20(16)19/h3-11,19H,12-13H2,1-2H3,(H,24,28). The Morgan fingerprint density at radius 3 is 2.57 bits per heavy atom. The Balaban J connectivity index is 1.54. The molecule has 1 aliphatic heterocycles. The predicted molar refractivity (Wildman–Crippen MR) is 105 cm³/mol. The summed E-state index contributed by atoms with van der Waals surface area (Å²) in [5.41, 5.74) is 3.32. The summed E-state index contributed by atoms with van der Waals surface area (Å²) in [6.45, 7) is 4.27. The van der Waals surface area contributed by atoms with E-state index in [0.717, 1.165) is 22.8 Å². The maximum absolute atomic E-state index is 13.0. The van der Waals surface area contributed by atoms with Crippen molar-refractivity contribution in [3.05, 3.63) is 72.1 Å². The van der Waals surface area contributed by atoms with Gasteiger partial charge in [0, 0.05) is 50.0 Å².